The fourth-order valence-corrected chi connectivity index (χ4v) is 8.30. The molecule has 12 heteroatoms. The highest BCUT2D eigenvalue weighted by molar-refractivity contribution is 7.89. The first-order valence-electron chi connectivity index (χ1n) is 16.4. The molecule has 1 amide bonds. The van der Waals surface area contributed by atoms with Crippen molar-refractivity contribution >= 4 is 27.0 Å². The smallest absolute Gasteiger partial charge is 0.248 e. The Balaban J connectivity index is 1.44. The number of hydrogen-bond acceptors (Lipinski definition) is 8. The van der Waals surface area contributed by atoms with Crippen molar-refractivity contribution in [2.24, 2.45) is 5.41 Å². The molecule has 0 saturated carbocycles. The first-order chi connectivity index (χ1) is 22.4. The molecule has 0 bridgehead atoms. The van der Waals surface area contributed by atoms with Crippen LogP contribution >= 0.6 is 0 Å². The molecule has 11 nitrogen and oxygen atoms in total. The van der Waals surface area contributed by atoms with E-state index in [9.17, 15) is 13.2 Å². The predicted octanol–water partition coefficient (Wildman–Crippen LogP) is 4.89. The minimum Gasteiger partial charge on any atom is -0.472 e. The van der Waals surface area contributed by atoms with Gasteiger partial charge in [0, 0.05) is 31.8 Å². The molecule has 250 valence electrons. The van der Waals surface area contributed by atoms with Gasteiger partial charge in [-0.3, -0.25) is 4.79 Å². The Bertz CT molecular complexity index is 1900. The Morgan fingerprint density at radius 3 is 2.68 bits per heavy atom. The number of nitrogens with one attached hydrogen (secondary N) is 1. The SMILES string of the molecule is CC[C@@H]1CN(Cc2cc(C(c3ccc4c(nnn4CC)c3C)C(C)(C)C(=O)N[C@@H]3CCOC3)ccc2C)S(=O)(=O)c2cccnc2O1. The molecule has 0 radical (unpaired) electrons. The van der Waals surface area contributed by atoms with Crippen LogP contribution in [0.15, 0.2) is 53.6 Å². The molecule has 1 unspecified atom stereocenters. The molecule has 0 aliphatic carbocycles. The van der Waals surface area contributed by atoms with E-state index in [1.807, 2.05) is 58.4 Å². The summed E-state index contributed by atoms with van der Waals surface area (Å²) >= 11 is 0. The average Bonchev–Trinajstić information content (AvgIpc) is 3.71. The molecular weight excluding hydrogens is 616 g/mol. The zero-order chi connectivity index (χ0) is 33.5. The summed E-state index contributed by atoms with van der Waals surface area (Å²) in [7, 11) is -3.90. The number of amides is 1. The lowest BCUT2D eigenvalue weighted by Crippen LogP contribution is -2.46. The fourth-order valence-electron chi connectivity index (χ4n) is 6.78. The lowest BCUT2D eigenvalue weighted by molar-refractivity contribution is -0.130. The quantitative estimate of drug-likeness (QED) is 0.269. The van der Waals surface area contributed by atoms with E-state index in [0.717, 1.165) is 45.3 Å². The van der Waals surface area contributed by atoms with Crippen LogP contribution in [0.1, 0.15) is 74.3 Å². The summed E-state index contributed by atoms with van der Waals surface area (Å²) in [6.07, 6.45) is 2.61. The van der Waals surface area contributed by atoms with E-state index in [2.05, 4.69) is 38.8 Å². The molecular formula is C35H44N6O5S. The monoisotopic (exact) mass is 660 g/mol. The van der Waals surface area contributed by atoms with E-state index < -0.39 is 15.4 Å². The Labute approximate surface area is 276 Å². The molecule has 4 aromatic rings. The van der Waals surface area contributed by atoms with Crippen LogP contribution in [0.4, 0.5) is 0 Å². The van der Waals surface area contributed by atoms with Gasteiger partial charge in [-0.25, -0.2) is 18.1 Å². The molecule has 2 aromatic carbocycles. The van der Waals surface area contributed by atoms with Gasteiger partial charge in [0.2, 0.25) is 21.8 Å². The standard InChI is InChI=1S/C35H44N6O5S/c1-7-27-20-40(47(43,44)30-10-9-16-36-33(30)46-27)19-25-18-24(12-11-22(25)3)31(35(5,6)34(42)37-26-15-17-45-21-26)28-13-14-29-32(23(28)4)38-39-41(29)8-2/h9-14,16,18,26-27,31H,7-8,15,17,19-21H2,1-6H3,(H,37,42)/t26-,27-,31?/m1/s1. The summed E-state index contributed by atoms with van der Waals surface area (Å²) in [5.41, 5.74) is 5.50. The molecule has 2 aromatic heterocycles. The van der Waals surface area contributed by atoms with Gasteiger partial charge in [-0.1, -0.05) is 50.3 Å². The zero-order valence-electron chi connectivity index (χ0n) is 28.0. The Morgan fingerprint density at radius 1 is 1.15 bits per heavy atom. The predicted molar refractivity (Wildman–Crippen MR) is 179 cm³/mol. The van der Waals surface area contributed by atoms with E-state index in [0.29, 0.717) is 26.2 Å². The summed E-state index contributed by atoms with van der Waals surface area (Å²) in [6, 6.07) is 13.4. The van der Waals surface area contributed by atoms with E-state index in [4.69, 9.17) is 9.47 Å². The first kappa shape index (κ1) is 33.0. The number of fused-ring (bicyclic) bond motifs is 2. The maximum Gasteiger partial charge on any atom is 0.248 e. The number of pyridine rings is 1. The van der Waals surface area contributed by atoms with Crippen molar-refractivity contribution in [3.8, 4) is 5.88 Å². The number of rotatable bonds is 9. The van der Waals surface area contributed by atoms with E-state index in [1.165, 1.54) is 4.31 Å². The van der Waals surface area contributed by atoms with Crippen molar-refractivity contribution in [3.63, 3.8) is 0 Å². The average molecular weight is 661 g/mol. The first-order valence-corrected chi connectivity index (χ1v) is 17.8. The maximum absolute atomic E-state index is 14.1. The summed E-state index contributed by atoms with van der Waals surface area (Å²) in [5.74, 6) is -0.310. The van der Waals surface area contributed by atoms with Crippen molar-refractivity contribution < 1.29 is 22.7 Å². The highest BCUT2D eigenvalue weighted by Crippen LogP contribution is 2.44. The number of nitrogens with zero attached hydrogens (tertiary/aromatic N) is 5. The van der Waals surface area contributed by atoms with Gasteiger partial charge < -0.3 is 14.8 Å². The van der Waals surface area contributed by atoms with Crippen LogP contribution in [0.25, 0.3) is 11.0 Å². The minimum absolute atomic E-state index is 0.0385. The number of aromatic nitrogens is 4. The van der Waals surface area contributed by atoms with Gasteiger partial charge in [0.05, 0.1) is 30.1 Å². The second-order valence-corrected chi connectivity index (χ2v) is 15.1. The van der Waals surface area contributed by atoms with Crippen LogP contribution in [0.5, 0.6) is 5.88 Å². The lowest BCUT2D eigenvalue weighted by atomic mass is 9.69. The molecule has 2 aliphatic heterocycles. The zero-order valence-corrected chi connectivity index (χ0v) is 28.8. The van der Waals surface area contributed by atoms with Crippen molar-refractivity contribution in [2.75, 3.05) is 19.8 Å². The van der Waals surface area contributed by atoms with Crippen molar-refractivity contribution in [1.82, 2.24) is 29.6 Å². The number of sulfonamides is 1. The number of aryl methyl sites for hydroxylation is 3. The van der Waals surface area contributed by atoms with Crippen LogP contribution in [-0.2, 0) is 32.6 Å². The van der Waals surface area contributed by atoms with Gasteiger partial charge in [0.15, 0.2) is 0 Å². The van der Waals surface area contributed by atoms with Crippen molar-refractivity contribution in [1.29, 1.82) is 0 Å². The highest BCUT2D eigenvalue weighted by atomic mass is 32.2. The van der Waals surface area contributed by atoms with Gasteiger partial charge in [-0.2, -0.15) is 4.31 Å². The van der Waals surface area contributed by atoms with E-state index >= 15 is 0 Å². The lowest BCUT2D eigenvalue weighted by Gasteiger charge is -2.36. The highest BCUT2D eigenvalue weighted by Gasteiger charge is 2.42. The fraction of sp³-hybridized carbons (Fsp3) is 0.486. The Hall–Kier alpha value is -3.87. The van der Waals surface area contributed by atoms with Gasteiger partial charge in [-0.15, -0.1) is 5.10 Å². The summed E-state index contributed by atoms with van der Waals surface area (Å²) in [5, 5.41) is 12.1. The minimum atomic E-state index is -3.90. The third-order valence-electron chi connectivity index (χ3n) is 9.71. The molecule has 0 spiro atoms. The molecule has 3 atom stereocenters. The summed E-state index contributed by atoms with van der Waals surface area (Å²) < 4.78 is 42.9. The second kappa shape index (κ2) is 13.0. The number of ether oxygens (including phenoxy) is 2. The largest absolute Gasteiger partial charge is 0.472 e. The van der Waals surface area contributed by atoms with Gasteiger partial charge in [0.25, 0.3) is 0 Å². The Kier molecular flexibility index (Phi) is 9.12. The van der Waals surface area contributed by atoms with Gasteiger partial charge in [0.1, 0.15) is 16.5 Å². The molecule has 6 rings (SSSR count). The molecule has 47 heavy (non-hydrogen) atoms. The van der Waals surface area contributed by atoms with E-state index in [-0.39, 0.29) is 47.8 Å². The van der Waals surface area contributed by atoms with Crippen molar-refractivity contribution in [3.05, 3.63) is 76.5 Å². The molecule has 2 aliphatic rings. The molecule has 1 N–H and O–H groups in total. The van der Waals surface area contributed by atoms with E-state index in [1.54, 1.807) is 18.3 Å². The van der Waals surface area contributed by atoms with Crippen molar-refractivity contribution in [2.45, 2.75) is 90.4 Å². The van der Waals surface area contributed by atoms with Crippen LogP contribution in [0.2, 0.25) is 0 Å². The maximum atomic E-state index is 14.1. The van der Waals surface area contributed by atoms with Gasteiger partial charge >= 0.3 is 0 Å². The number of carbonyl (C=O) groups excluding carboxylic acids is 1. The van der Waals surface area contributed by atoms with Crippen LogP contribution in [0.3, 0.4) is 0 Å². The third-order valence-corrected chi connectivity index (χ3v) is 11.5. The molecule has 1 saturated heterocycles. The second-order valence-electron chi connectivity index (χ2n) is 13.2. The summed E-state index contributed by atoms with van der Waals surface area (Å²) in [6.45, 7) is 14.1. The van der Waals surface area contributed by atoms with Crippen LogP contribution < -0.4 is 10.1 Å². The molecule has 4 heterocycles. The molecule has 1 fully saturated rings. The van der Waals surface area contributed by atoms with Gasteiger partial charge in [-0.05, 0) is 79.6 Å². The number of benzene rings is 2. The van der Waals surface area contributed by atoms with Crippen LogP contribution in [-0.4, -0.2) is 70.5 Å². The topological polar surface area (TPSA) is 129 Å². The normalized spacial score (nSPS) is 20.4. The number of carbonyl (C=O) groups is 1. The van der Waals surface area contributed by atoms with Crippen LogP contribution in [0, 0.1) is 19.3 Å². The Morgan fingerprint density at radius 2 is 1.96 bits per heavy atom. The summed E-state index contributed by atoms with van der Waals surface area (Å²) in [4.78, 5) is 18.4. The number of hydrogen-bond donors (Lipinski definition) is 1. The third kappa shape index (κ3) is 6.14.